The Morgan fingerprint density at radius 1 is 1.69 bits per heavy atom. The lowest BCUT2D eigenvalue weighted by Crippen LogP contribution is -2.26. The second-order valence-corrected chi connectivity index (χ2v) is 3.83. The van der Waals surface area contributed by atoms with E-state index < -0.39 is 0 Å². The van der Waals surface area contributed by atoms with Crippen LogP contribution in [-0.4, -0.2) is 12.6 Å². The third-order valence-electron chi connectivity index (χ3n) is 2.64. The maximum Gasteiger partial charge on any atom is 0.309 e. The highest BCUT2D eigenvalue weighted by atomic mass is 16.5. The molecule has 0 spiro atoms. The zero-order valence-electron chi connectivity index (χ0n) is 8.67. The van der Waals surface area contributed by atoms with Crippen LogP contribution in [0.1, 0.15) is 33.6 Å². The highest BCUT2D eigenvalue weighted by Gasteiger charge is 2.27. The zero-order chi connectivity index (χ0) is 9.84. The van der Waals surface area contributed by atoms with Crippen molar-refractivity contribution in [1.82, 2.24) is 0 Å². The molecule has 1 rings (SSSR count). The molecule has 2 heteroatoms. The van der Waals surface area contributed by atoms with E-state index >= 15 is 0 Å². The van der Waals surface area contributed by atoms with Gasteiger partial charge in [-0.3, -0.25) is 4.79 Å². The predicted molar refractivity (Wildman–Crippen MR) is 52.3 cm³/mol. The minimum Gasteiger partial charge on any atom is -0.466 e. The fraction of sp³-hybridized carbons (Fsp3) is 0.727. The number of carbonyl (C=O) groups excluding carboxylic acids is 1. The zero-order valence-corrected chi connectivity index (χ0v) is 8.67. The van der Waals surface area contributed by atoms with Crippen molar-refractivity contribution in [3.8, 4) is 0 Å². The van der Waals surface area contributed by atoms with Gasteiger partial charge >= 0.3 is 5.97 Å². The summed E-state index contributed by atoms with van der Waals surface area (Å²) in [5, 5.41) is 0. The molecule has 0 bridgehead atoms. The summed E-state index contributed by atoms with van der Waals surface area (Å²) in [5.74, 6) is 0.492. The van der Waals surface area contributed by atoms with Gasteiger partial charge in [-0.25, -0.2) is 0 Å². The maximum atomic E-state index is 11.5. The van der Waals surface area contributed by atoms with Crippen LogP contribution in [-0.2, 0) is 9.53 Å². The van der Waals surface area contributed by atoms with E-state index in [1.807, 2.05) is 6.92 Å². The van der Waals surface area contributed by atoms with E-state index in [4.69, 9.17) is 4.74 Å². The molecule has 13 heavy (non-hydrogen) atoms. The molecule has 74 valence electrons. The first-order chi connectivity index (χ1) is 6.15. The van der Waals surface area contributed by atoms with Crippen molar-refractivity contribution in [2.24, 2.45) is 11.8 Å². The number of esters is 1. The lowest BCUT2D eigenvalue weighted by molar-refractivity contribution is -0.149. The standard InChI is InChI=1S/C11H18O2/c1-4-13-11(12)10-6-5-8(2)7-9(10)3/h5,9-10H,4,6-7H2,1-3H3. The minimum atomic E-state index is -0.0289. The van der Waals surface area contributed by atoms with Gasteiger partial charge in [0.15, 0.2) is 0 Å². The van der Waals surface area contributed by atoms with Crippen LogP contribution in [0.3, 0.4) is 0 Å². The van der Waals surface area contributed by atoms with Gasteiger partial charge in [-0.15, -0.1) is 0 Å². The molecule has 0 heterocycles. The van der Waals surface area contributed by atoms with Crippen LogP contribution < -0.4 is 0 Å². The predicted octanol–water partition coefficient (Wildman–Crippen LogP) is 2.54. The monoisotopic (exact) mass is 182 g/mol. The SMILES string of the molecule is CCOC(=O)C1CC=C(C)CC1C. The Labute approximate surface area is 80.0 Å². The lowest BCUT2D eigenvalue weighted by atomic mass is 9.81. The maximum absolute atomic E-state index is 11.5. The average molecular weight is 182 g/mol. The van der Waals surface area contributed by atoms with Gasteiger partial charge in [0.2, 0.25) is 0 Å². The van der Waals surface area contributed by atoms with Gasteiger partial charge in [0.1, 0.15) is 0 Å². The van der Waals surface area contributed by atoms with Crippen LogP contribution in [0.15, 0.2) is 11.6 Å². The topological polar surface area (TPSA) is 26.3 Å². The summed E-state index contributed by atoms with van der Waals surface area (Å²) in [6, 6.07) is 0. The highest BCUT2D eigenvalue weighted by Crippen LogP contribution is 2.29. The lowest BCUT2D eigenvalue weighted by Gasteiger charge is -2.25. The van der Waals surface area contributed by atoms with E-state index in [0.29, 0.717) is 12.5 Å². The number of allylic oxidation sites excluding steroid dienone is 2. The summed E-state index contributed by atoms with van der Waals surface area (Å²) < 4.78 is 5.02. The van der Waals surface area contributed by atoms with Crippen molar-refractivity contribution in [1.29, 1.82) is 0 Å². The first kappa shape index (κ1) is 10.3. The van der Waals surface area contributed by atoms with Gasteiger partial charge in [0.25, 0.3) is 0 Å². The molecule has 0 aliphatic heterocycles. The van der Waals surface area contributed by atoms with Crippen LogP contribution >= 0.6 is 0 Å². The van der Waals surface area contributed by atoms with E-state index in [1.165, 1.54) is 5.57 Å². The Morgan fingerprint density at radius 2 is 2.38 bits per heavy atom. The molecule has 1 aliphatic rings. The molecule has 0 N–H and O–H groups in total. The molecule has 1 aliphatic carbocycles. The van der Waals surface area contributed by atoms with Crippen molar-refractivity contribution >= 4 is 5.97 Å². The summed E-state index contributed by atoms with van der Waals surface area (Å²) >= 11 is 0. The van der Waals surface area contributed by atoms with E-state index in [1.54, 1.807) is 0 Å². The molecule has 0 saturated heterocycles. The molecule has 0 aromatic heterocycles. The van der Waals surface area contributed by atoms with Crippen LogP contribution in [0.2, 0.25) is 0 Å². The van der Waals surface area contributed by atoms with Crippen molar-refractivity contribution in [3.05, 3.63) is 11.6 Å². The fourth-order valence-electron chi connectivity index (χ4n) is 1.87. The number of carbonyl (C=O) groups is 1. The Bertz CT molecular complexity index is 218. The quantitative estimate of drug-likeness (QED) is 0.484. The smallest absolute Gasteiger partial charge is 0.309 e. The Hall–Kier alpha value is -0.790. The van der Waals surface area contributed by atoms with E-state index in [-0.39, 0.29) is 11.9 Å². The normalized spacial score (nSPS) is 28.1. The first-order valence-electron chi connectivity index (χ1n) is 4.97. The minimum absolute atomic E-state index is 0.0289. The van der Waals surface area contributed by atoms with Crippen molar-refractivity contribution < 1.29 is 9.53 Å². The molecule has 2 atom stereocenters. The average Bonchev–Trinajstić information content (AvgIpc) is 2.04. The molecule has 0 saturated carbocycles. The summed E-state index contributed by atoms with van der Waals surface area (Å²) in [5.41, 5.74) is 1.40. The molecule has 0 radical (unpaired) electrons. The number of ether oxygens (including phenoxy) is 1. The molecule has 2 nitrogen and oxygen atoms in total. The molecule has 2 unspecified atom stereocenters. The number of hydrogen-bond acceptors (Lipinski definition) is 2. The molecule has 0 amide bonds. The van der Waals surface area contributed by atoms with Gasteiger partial charge in [-0.1, -0.05) is 18.6 Å². The van der Waals surface area contributed by atoms with E-state index in [0.717, 1.165) is 12.8 Å². The van der Waals surface area contributed by atoms with Gasteiger partial charge in [-0.2, -0.15) is 0 Å². The summed E-state index contributed by atoms with van der Waals surface area (Å²) in [6.07, 6.45) is 4.04. The molecule has 0 aromatic carbocycles. The van der Waals surface area contributed by atoms with Crippen molar-refractivity contribution in [2.45, 2.75) is 33.6 Å². The van der Waals surface area contributed by atoms with Crippen molar-refractivity contribution in [2.75, 3.05) is 6.61 Å². The third-order valence-corrected chi connectivity index (χ3v) is 2.64. The Morgan fingerprint density at radius 3 is 2.92 bits per heavy atom. The Kier molecular flexibility index (Phi) is 3.52. The molecular weight excluding hydrogens is 164 g/mol. The fourth-order valence-corrected chi connectivity index (χ4v) is 1.87. The van der Waals surface area contributed by atoms with Gasteiger partial charge in [-0.05, 0) is 32.6 Å². The molecular formula is C11H18O2. The van der Waals surface area contributed by atoms with Gasteiger partial charge in [0.05, 0.1) is 12.5 Å². The largest absolute Gasteiger partial charge is 0.466 e. The third kappa shape index (κ3) is 2.58. The second kappa shape index (κ2) is 4.45. The summed E-state index contributed by atoms with van der Waals surface area (Å²) in [4.78, 5) is 11.5. The van der Waals surface area contributed by atoms with Crippen molar-refractivity contribution in [3.63, 3.8) is 0 Å². The van der Waals surface area contributed by atoms with E-state index in [9.17, 15) is 4.79 Å². The number of rotatable bonds is 2. The molecule has 0 fully saturated rings. The first-order valence-corrected chi connectivity index (χ1v) is 4.97. The summed E-state index contributed by atoms with van der Waals surface area (Å²) in [7, 11) is 0. The van der Waals surface area contributed by atoms with E-state index in [2.05, 4.69) is 19.9 Å². The molecule has 0 aromatic rings. The van der Waals surface area contributed by atoms with Gasteiger partial charge < -0.3 is 4.74 Å². The van der Waals surface area contributed by atoms with Crippen LogP contribution in [0.5, 0.6) is 0 Å². The number of hydrogen-bond donors (Lipinski definition) is 0. The van der Waals surface area contributed by atoms with Crippen LogP contribution in [0.4, 0.5) is 0 Å². The van der Waals surface area contributed by atoms with Crippen LogP contribution in [0, 0.1) is 11.8 Å². The summed E-state index contributed by atoms with van der Waals surface area (Å²) in [6.45, 7) is 6.59. The van der Waals surface area contributed by atoms with Crippen LogP contribution in [0.25, 0.3) is 0 Å². The second-order valence-electron chi connectivity index (χ2n) is 3.83. The van der Waals surface area contributed by atoms with Gasteiger partial charge in [0, 0.05) is 0 Å². The highest BCUT2D eigenvalue weighted by molar-refractivity contribution is 5.73. The Balaban J connectivity index is 2.56.